The molecule has 0 amide bonds. The van der Waals surface area contributed by atoms with Gasteiger partial charge in [-0.15, -0.1) is 0 Å². The maximum Gasteiger partial charge on any atom is 0.123 e. The van der Waals surface area contributed by atoms with Gasteiger partial charge in [0.25, 0.3) is 0 Å². The van der Waals surface area contributed by atoms with Crippen molar-refractivity contribution in [2.75, 3.05) is 0 Å². The fourth-order valence-corrected chi connectivity index (χ4v) is 2.96. The first-order valence-corrected chi connectivity index (χ1v) is 6.64. The van der Waals surface area contributed by atoms with Crippen LogP contribution in [-0.4, -0.2) is 11.2 Å². The van der Waals surface area contributed by atoms with Gasteiger partial charge in [-0.25, -0.2) is 4.39 Å². The van der Waals surface area contributed by atoms with Crippen molar-refractivity contribution in [1.82, 2.24) is 0 Å². The van der Waals surface area contributed by atoms with Crippen LogP contribution in [-0.2, 0) is 6.42 Å². The van der Waals surface area contributed by atoms with Crippen molar-refractivity contribution in [1.29, 1.82) is 0 Å². The molecule has 0 saturated carbocycles. The first-order valence-electron chi connectivity index (χ1n) is 6.64. The van der Waals surface area contributed by atoms with Crippen molar-refractivity contribution in [2.45, 2.75) is 39.2 Å². The van der Waals surface area contributed by atoms with Crippen LogP contribution >= 0.6 is 0 Å². The summed E-state index contributed by atoms with van der Waals surface area (Å²) < 4.78 is 13.1. The SMILES string of the molecule is CC1=CC(C)CC(C(O)Cc2cccc(F)c2)C1. The Kier molecular flexibility index (Phi) is 4.18. The predicted octanol–water partition coefficient (Wildman–Crippen LogP) is 3.72. The smallest absolute Gasteiger partial charge is 0.123 e. The number of aliphatic hydroxyl groups excluding tert-OH is 1. The van der Waals surface area contributed by atoms with Crippen LogP contribution in [0.5, 0.6) is 0 Å². The van der Waals surface area contributed by atoms with Gasteiger partial charge in [0.1, 0.15) is 5.82 Å². The highest BCUT2D eigenvalue weighted by Crippen LogP contribution is 2.31. The lowest BCUT2D eigenvalue weighted by molar-refractivity contribution is 0.0932. The molecule has 3 atom stereocenters. The van der Waals surface area contributed by atoms with Gasteiger partial charge >= 0.3 is 0 Å². The summed E-state index contributed by atoms with van der Waals surface area (Å²) in [7, 11) is 0. The van der Waals surface area contributed by atoms with Crippen LogP contribution in [0.15, 0.2) is 35.9 Å². The highest BCUT2D eigenvalue weighted by molar-refractivity contribution is 5.18. The summed E-state index contributed by atoms with van der Waals surface area (Å²) in [5.74, 6) is 0.604. The topological polar surface area (TPSA) is 20.2 Å². The van der Waals surface area contributed by atoms with E-state index in [2.05, 4.69) is 19.9 Å². The highest BCUT2D eigenvalue weighted by atomic mass is 19.1. The molecule has 0 spiro atoms. The van der Waals surface area contributed by atoms with Crippen molar-refractivity contribution >= 4 is 0 Å². The Hall–Kier alpha value is -1.15. The summed E-state index contributed by atoms with van der Waals surface area (Å²) >= 11 is 0. The number of halogens is 1. The molecule has 1 nitrogen and oxygen atoms in total. The van der Waals surface area contributed by atoms with E-state index in [1.807, 2.05) is 6.07 Å². The Balaban J connectivity index is 2.00. The quantitative estimate of drug-likeness (QED) is 0.808. The van der Waals surface area contributed by atoms with E-state index in [4.69, 9.17) is 0 Å². The molecule has 1 aliphatic rings. The highest BCUT2D eigenvalue weighted by Gasteiger charge is 2.24. The van der Waals surface area contributed by atoms with Crippen LogP contribution in [0.2, 0.25) is 0 Å². The zero-order valence-corrected chi connectivity index (χ0v) is 11.1. The molecule has 18 heavy (non-hydrogen) atoms. The molecule has 1 N–H and O–H groups in total. The third-order valence-corrected chi connectivity index (χ3v) is 3.71. The van der Waals surface area contributed by atoms with E-state index in [9.17, 15) is 9.50 Å². The molecule has 0 heterocycles. The van der Waals surface area contributed by atoms with E-state index in [1.54, 1.807) is 6.07 Å². The second-order valence-corrected chi connectivity index (χ2v) is 5.59. The van der Waals surface area contributed by atoms with E-state index in [1.165, 1.54) is 17.7 Å². The van der Waals surface area contributed by atoms with Gasteiger partial charge in [-0.3, -0.25) is 0 Å². The van der Waals surface area contributed by atoms with Crippen molar-refractivity contribution in [3.63, 3.8) is 0 Å². The lowest BCUT2D eigenvalue weighted by Crippen LogP contribution is -2.27. The summed E-state index contributed by atoms with van der Waals surface area (Å²) in [6, 6.07) is 6.52. The van der Waals surface area contributed by atoms with E-state index in [0.29, 0.717) is 18.3 Å². The Bertz CT molecular complexity index is 438. The molecule has 0 aliphatic heterocycles. The van der Waals surface area contributed by atoms with Gasteiger partial charge < -0.3 is 5.11 Å². The number of benzene rings is 1. The van der Waals surface area contributed by atoms with Crippen LogP contribution in [0.1, 0.15) is 32.3 Å². The second kappa shape index (κ2) is 5.66. The molecule has 0 radical (unpaired) electrons. The molecule has 1 aromatic carbocycles. The normalized spacial score (nSPS) is 25.7. The minimum atomic E-state index is -0.377. The molecule has 98 valence electrons. The molecular weight excluding hydrogens is 227 g/mol. The second-order valence-electron chi connectivity index (χ2n) is 5.59. The van der Waals surface area contributed by atoms with Gasteiger partial charge in [0.2, 0.25) is 0 Å². The fourth-order valence-electron chi connectivity index (χ4n) is 2.96. The number of rotatable bonds is 3. The largest absolute Gasteiger partial charge is 0.392 e. The van der Waals surface area contributed by atoms with Crippen molar-refractivity contribution in [2.24, 2.45) is 11.8 Å². The monoisotopic (exact) mass is 248 g/mol. The first kappa shape index (κ1) is 13.3. The van der Waals surface area contributed by atoms with E-state index < -0.39 is 0 Å². The van der Waals surface area contributed by atoms with Crippen molar-refractivity contribution < 1.29 is 9.50 Å². The van der Waals surface area contributed by atoms with Gasteiger partial charge in [0.05, 0.1) is 6.10 Å². The zero-order valence-electron chi connectivity index (χ0n) is 11.1. The van der Waals surface area contributed by atoms with Gasteiger partial charge in [-0.2, -0.15) is 0 Å². The number of hydrogen-bond acceptors (Lipinski definition) is 1. The lowest BCUT2D eigenvalue weighted by atomic mass is 9.79. The van der Waals surface area contributed by atoms with E-state index in [0.717, 1.165) is 18.4 Å². The van der Waals surface area contributed by atoms with Crippen LogP contribution in [0, 0.1) is 17.7 Å². The summed E-state index contributed by atoms with van der Waals surface area (Å²) in [6.45, 7) is 4.31. The number of aliphatic hydroxyl groups is 1. The molecule has 1 aliphatic carbocycles. The zero-order chi connectivity index (χ0) is 13.1. The first-order chi connectivity index (χ1) is 8.54. The van der Waals surface area contributed by atoms with Crippen LogP contribution < -0.4 is 0 Å². The molecule has 1 aromatic rings. The number of hydrogen-bond donors (Lipinski definition) is 1. The maximum atomic E-state index is 13.1. The fraction of sp³-hybridized carbons (Fsp3) is 0.500. The van der Waals surface area contributed by atoms with Crippen LogP contribution in [0.3, 0.4) is 0 Å². The molecule has 2 rings (SSSR count). The minimum absolute atomic E-state index is 0.229. The average Bonchev–Trinajstić information content (AvgIpc) is 2.27. The van der Waals surface area contributed by atoms with E-state index >= 15 is 0 Å². The Labute approximate surface area is 108 Å². The Morgan fingerprint density at radius 3 is 2.89 bits per heavy atom. The third kappa shape index (κ3) is 3.42. The molecule has 0 fully saturated rings. The molecule has 2 heteroatoms. The van der Waals surface area contributed by atoms with Gasteiger partial charge in [0, 0.05) is 0 Å². The molecule has 0 saturated heterocycles. The van der Waals surface area contributed by atoms with Crippen molar-refractivity contribution in [3.05, 3.63) is 47.3 Å². The molecular formula is C16H21FO. The molecule has 0 aromatic heterocycles. The Morgan fingerprint density at radius 2 is 2.22 bits per heavy atom. The molecule has 3 unspecified atom stereocenters. The standard InChI is InChI=1S/C16H21FO/c1-11-6-12(2)8-14(7-11)16(18)10-13-4-3-5-15(17)9-13/h3-6,9,11,14,16,18H,7-8,10H2,1-2H3. The van der Waals surface area contributed by atoms with Crippen molar-refractivity contribution in [3.8, 4) is 0 Å². The summed E-state index contributed by atoms with van der Waals surface area (Å²) in [5.41, 5.74) is 2.24. The van der Waals surface area contributed by atoms with E-state index in [-0.39, 0.29) is 11.9 Å². The summed E-state index contributed by atoms with van der Waals surface area (Å²) in [6.07, 6.45) is 4.43. The minimum Gasteiger partial charge on any atom is -0.392 e. The Morgan fingerprint density at radius 1 is 1.44 bits per heavy atom. The third-order valence-electron chi connectivity index (χ3n) is 3.71. The van der Waals surface area contributed by atoms with Crippen LogP contribution in [0.4, 0.5) is 4.39 Å². The van der Waals surface area contributed by atoms with Gasteiger partial charge in [-0.05, 0) is 55.7 Å². The van der Waals surface area contributed by atoms with Crippen LogP contribution in [0.25, 0.3) is 0 Å². The van der Waals surface area contributed by atoms with Gasteiger partial charge in [0.15, 0.2) is 0 Å². The molecule has 0 bridgehead atoms. The number of allylic oxidation sites excluding steroid dienone is 2. The average molecular weight is 248 g/mol. The lowest BCUT2D eigenvalue weighted by Gasteiger charge is -2.29. The summed E-state index contributed by atoms with van der Waals surface area (Å²) in [5, 5.41) is 10.3. The predicted molar refractivity (Wildman–Crippen MR) is 71.8 cm³/mol. The maximum absolute atomic E-state index is 13.1. The van der Waals surface area contributed by atoms with Gasteiger partial charge in [-0.1, -0.05) is 30.7 Å². The summed E-state index contributed by atoms with van der Waals surface area (Å²) in [4.78, 5) is 0.